The summed E-state index contributed by atoms with van der Waals surface area (Å²) in [6, 6.07) is 6.21. The van der Waals surface area contributed by atoms with Crippen LogP contribution in [-0.4, -0.2) is 32.1 Å². The van der Waals surface area contributed by atoms with Crippen LogP contribution in [0.5, 0.6) is 28.7 Å². The summed E-state index contributed by atoms with van der Waals surface area (Å²) in [6.07, 6.45) is 10.4. The minimum absolute atomic E-state index is 0.153. The normalized spacial score (nSPS) is 18.6. The van der Waals surface area contributed by atoms with Crippen LogP contribution in [0.15, 0.2) is 24.3 Å². The van der Waals surface area contributed by atoms with Gasteiger partial charge in [0.05, 0.1) is 6.10 Å². The van der Waals surface area contributed by atoms with Crippen molar-refractivity contribution in [1.29, 1.82) is 0 Å². The fraction of sp³-hybridized carbons (Fsp3) is 0.647. The molecule has 40 heavy (non-hydrogen) atoms. The molecule has 1 aliphatic rings. The van der Waals surface area contributed by atoms with Crippen molar-refractivity contribution in [2.45, 2.75) is 142 Å². The van der Waals surface area contributed by atoms with Crippen molar-refractivity contribution < 1.29 is 29.9 Å². The summed E-state index contributed by atoms with van der Waals surface area (Å²) in [4.78, 5) is 0. The summed E-state index contributed by atoms with van der Waals surface area (Å²) in [5.74, 6) is 0.777. The zero-order chi connectivity index (χ0) is 29.5. The van der Waals surface area contributed by atoms with Gasteiger partial charge in [-0.15, -0.1) is 0 Å². The number of hydrogen-bond donors (Lipinski definition) is 4. The van der Waals surface area contributed by atoms with Crippen LogP contribution < -0.4 is 9.47 Å². The third-order valence-electron chi connectivity index (χ3n) is 8.64. The highest BCUT2D eigenvalue weighted by molar-refractivity contribution is 5.61. The number of phenols is 3. The molecule has 0 radical (unpaired) electrons. The molecule has 0 saturated heterocycles. The number of unbranched alkanes of at least 4 members (excludes halogenated alkanes) is 6. The van der Waals surface area contributed by atoms with E-state index in [2.05, 4.69) is 41.5 Å². The SMILES string of the molecule is CCCCCCCC(C)(CC)c1c(O)cc(OC(C)(C)CCCCC)c2c1O[C@H](c1ccc(O)c(O)c1)[C@H](O)C2. The third-order valence-corrected chi connectivity index (χ3v) is 8.64. The Kier molecular flexibility index (Phi) is 11.0. The first-order valence-electron chi connectivity index (χ1n) is 15.4. The standard InChI is InChI=1S/C34H52O6/c1-7-10-12-13-15-19-34(6,9-3)30-27(37)22-29(40-33(4,5)18-14-11-8-2)24-21-28(38)31(39-32(24)30)23-16-17-25(35)26(36)20-23/h16-17,20,22,28,31,35-38H,7-15,18-19,21H2,1-6H3/t28-,31-,34?/m1/s1. The van der Waals surface area contributed by atoms with Crippen LogP contribution in [0.25, 0.3) is 0 Å². The van der Waals surface area contributed by atoms with Gasteiger partial charge in [-0.3, -0.25) is 0 Å². The van der Waals surface area contributed by atoms with Gasteiger partial charge in [0.15, 0.2) is 11.5 Å². The molecular formula is C34H52O6. The van der Waals surface area contributed by atoms with E-state index in [1.807, 2.05) is 0 Å². The predicted octanol–water partition coefficient (Wildman–Crippen LogP) is 8.61. The second-order valence-corrected chi connectivity index (χ2v) is 12.5. The van der Waals surface area contributed by atoms with E-state index in [0.717, 1.165) is 62.5 Å². The average molecular weight is 557 g/mol. The maximum Gasteiger partial charge on any atom is 0.157 e. The van der Waals surface area contributed by atoms with E-state index >= 15 is 0 Å². The highest BCUT2D eigenvalue weighted by Gasteiger charge is 2.40. The van der Waals surface area contributed by atoms with Crippen LogP contribution in [-0.2, 0) is 11.8 Å². The first kappa shape index (κ1) is 31.9. The molecule has 224 valence electrons. The van der Waals surface area contributed by atoms with Crippen molar-refractivity contribution in [3.05, 3.63) is 41.0 Å². The molecule has 0 saturated carbocycles. The Bertz CT molecular complexity index is 1110. The van der Waals surface area contributed by atoms with E-state index in [-0.39, 0.29) is 29.1 Å². The Balaban J connectivity index is 2.07. The number of aliphatic hydroxyl groups excluding tert-OH is 1. The number of fused-ring (bicyclic) bond motifs is 1. The highest BCUT2D eigenvalue weighted by atomic mass is 16.5. The van der Waals surface area contributed by atoms with Crippen molar-refractivity contribution in [2.75, 3.05) is 0 Å². The van der Waals surface area contributed by atoms with Gasteiger partial charge in [-0.05, 0) is 62.6 Å². The molecule has 2 aromatic carbocycles. The molecule has 4 N–H and O–H groups in total. The molecule has 1 aliphatic heterocycles. The van der Waals surface area contributed by atoms with E-state index in [9.17, 15) is 20.4 Å². The summed E-state index contributed by atoms with van der Waals surface area (Å²) in [7, 11) is 0. The first-order valence-corrected chi connectivity index (χ1v) is 15.4. The van der Waals surface area contributed by atoms with Crippen molar-refractivity contribution in [3.8, 4) is 28.7 Å². The van der Waals surface area contributed by atoms with Gasteiger partial charge < -0.3 is 29.9 Å². The lowest BCUT2D eigenvalue weighted by Crippen LogP contribution is -2.34. The van der Waals surface area contributed by atoms with E-state index in [1.54, 1.807) is 12.1 Å². The maximum atomic E-state index is 11.6. The van der Waals surface area contributed by atoms with Crippen LogP contribution in [0.3, 0.4) is 0 Å². The van der Waals surface area contributed by atoms with E-state index < -0.39 is 17.8 Å². The van der Waals surface area contributed by atoms with Crippen molar-refractivity contribution >= 4 is 0 Å². The molecule has 0 spiro atoms. The molecule has 2 aromatic rings. The van der Waals surface area contributed by atoms with Gasteiger partial charge in [0.1, 0.15) is 29.0 Å². The molecule has 1 unspecified atom stereocenters. The van der Waals surface area contributed by atoms with E-state index in [1.165, 1.54) is 31.4 Å². The van der Waals surface area contributed by atoms with Crippen molar-refractivity contribution in [2.24, 2.45) is 0 Å². The highest BCUT2D eigenvalue weighted by Crippen LogP contribution is 2.53. The average Bonchev–Trinajstić information content (AvgIpc) is 2.90. The molecule has 6 nitrogen and oxygen atoms in total. The van der Waals surface area contributed by atoms with Gasteiger partial charge in [0.25, 0.3) is 0 Å². The lowest BCUT2D eigenvalue weighted by molar-refractivity contribution is 0.0153. The zero-order valence-corrected chi connectivity index (χ0v) is 25.6. The van der Waals surface area contributed by atoms with Crippen molar-refractivity contribution in [3.63, 3.8) is 0 Å². The van der Waals surface area contributed by atoms with E-state index in [0.29, 0.717) is 17.1 Å². The zero-order valence-electron chi connectivity index (χ0n) is 25.6. The molecule has 0 aliphatic carbocycles. The molecule has 0 amide bonds. The Labute approximate surface area is 241 Å². The van der Waals surface area contributed by atoms with Gasteiger partial charge in [0, 0.05) is 23.6 Å². The Hall–Kier alpha value is -2.60. The number of hydrogen-bond acceptors (Lipinski definition) is 6. The second-order valence-electron chi connectivity index (χ2n) is 12.5. The Morgan fingerprint density at radius 2 is 1.48 bits per heavy atom. The topological polar surface area (TPSA) is 99.4 Å². The van der Waals surface area contributed by atoms with E-state index in [4.69, 9.17) is 9.47 Å². The smallest absolute Gasteiger partial charge is 0.157 e. The van der Waals surface area contributed by atoms with Crippen LogP contribution >= 0.6 is 0 Å². The predicted molar refractivity (Wildman–Crippen MR) is 161 cm³/mol. The minimum atomic E-state index is -0.902. The fourth-order valence-corrected chi connectivity index (χ4v) is 5.94. The number of aliphatic hydroxyl groups is 1. The minimum Gasteiger partial charge on any atom is -0.507 e. The lowest BCUT2D eigenvalue weighted by Gasteiger charge is -2.39. The summed E-state index contributed by atoms with van der Waals surface area (Å²) in [5.41, 5.74) is 1.31. The molecule has 1 heterocycles. The summed E-state index contributed by atoms with van der Waals surface area (Å²) in [5, 5.41) is 42.8. The monoisotopic (exact) mass is 556 g/mol. The molecule has 3 atom stereocenters. The number of rotatable bonds is 15. The second kappa shape index (κ2) is 13.8. The van der Waals surface area contributed by atoms with Crippen LogP contribution in [0, 0.1) is 0 Å². The molecule has 0 aromatic heterocycles. The summed E-state index contributed by atoms with van der Waals surface area (Å²) < 4.78 is 13.2. The van der Waals surface area contributed by atoms with Gasteiger partial charge >= 0.3 is 0 Å². The first-order chi connectivity index (χ1) is 19.0. The Morgan fingerprint density at radius 1 is 0.825 bits per heavy atom. The number of phenolic OH excluding ortho intramolecular Hbond substituents is 3. The largest absolute Gasteiger partial charge is 0.507 e. The molecule has 0 bridgehead atoms. The van der Waals surface area contributed by atoms with Gasteiger partial charge in [0.2, 0.25) is 0 Å². The summed E-state index contributed by atoms with van der Waals surface area (Å²) >= 11 is 0. The quantitative estimate of drug-likeness (QED) is 0.129. The van der Waals surface area contributed by atoms with Gasteiger partial charge in [-0.2, -0.15) is 0 Å². The van der Waals surface area contributed by atoms with Gasteiger partial charge in [-0.1, -0.05) is 78.7 Å². The number of ether oxygens (including phenoxy) is 2. The lowest BCUT2D eigenvalue weighted by atomic mass is 9.73. The molecule has 3 rings (SSSR count). The summed E-state index contributed by atoms with van der Waals surface area (Å²) in [6.45, 7) is 12.9. The third kappa shape index (κ3) is 7.57. The molecular weight excluding hydrogens is 504 g/mol. The molecule has 6 heteroatoms. The maximum absolute atomic E-state index is 11.6. The number of benzene rings is 2. The Morgan fingerprint density at radius 3 is 2.12 bits per heavy atom. The van der Waals surface area contributed by atoms with Crippen LogP contribution in [0.1, 0.15) is 135 Å². The van der Waals surface area contributed by atoms with Crippen LogP contribution in [0.4, 0.5) is 0 Å². The van der Waals surface area contributed by atoms with Crippen LogP contribution in [0.2, 0.25) is 0 Å². The van der Waals surface area contributed by atoms with Crippen molar-refractivity contribution in [1.82, 2.24) is 0 Å². The fourth-order valence-electron chi connectivity index (χ4n) is 5.94. The molecule has 0 fully saturated rings. The van der Waals surface area contributed by atoms with Gasteiger partial charge in [-0.25, -0.2) is 0 Å². The number of aromatic hydroxyl groups is 3.